The molecule has 0 fully saturated rings. The number of amides is 1. The van der Waals surface area contributed by atoms with Gasteiger partial charge in [-0.15, -0.1) is 0 Å². The fraction of sp³-hybridized carbons (Fsp3) is 0.0286. The van der Waals surface area contributed by atoms with Crippen molar-refractivity contribution in [1.82, 2.24) is 19.5 Å². The van der Waals surface area contributed by atoms with Crippen molar-refractivity contribution in [3.63, 3.8) is 0 Å². The molecule has 214 valence electrons. The molecular weight excluding hydrogens is 554 g/mol. The summed E-state index contributed by atoms with van der Waals surface area (Å²) in [5, 5.41) is 12.4. The number of pyridine rings is 2. The maximum Gasteiger partial charge on any atom is 0.336 e. The van der Waals surface area contributed by atoms with Gasteiger partial charge in [0.15, 0.2) is 5.65 Å². The van der Waals surface area contributed by atoms with Gasteiger partial charge in [0.05, 0.1) is 11.3 Å². The van der Waals surface area contributed by atoms with Gasteiger partial charge in [0.1, 0.15) is 11.2 Å². The van der Waals surface area contributed by atoms with Crippen LogP contribution in [-0.2, 0) is 16.0 Å². The zero-order valence-electron chi connectivity index (χ0n) is 23.3. The molecule has 0 aliphatic heterocycles. The minimum atomic E-state index is -1.20. The maximum absolute atomic E-state index is 13.8. The smallest absolute Gasteiger partial charge is 0.336 e. The van der Waals surface area contributed by atoms with Gasteiger partial charge in [-0.3, -0.25) is 19.1 Å². The van der Waals surface area contributed by atoms with Crippen molar-refractivity contribution >= 4 is 34.3 Å². The lowest BCUT2D eigenvalue weighted by molar-refractivity contribution is -0.130. The number of hydrogen-bond donors (Lipinski definition) is 2. The molecule has 0 aliphatic carbocycles. The van der Waals surface area contributed by atoms with E-state index < -0.39 is 11.9 Å². The zero-order chi connectivity index (χ0) is 30.5. The zero-order valence-corrected chi connectivity index (χ0v) is 23.3. The van der Waals surface area contributed by atoms with Gasteiger partial charge in [-0.2, -0.15) is 0 Å². The quantitative estimate of drug-likeness (QED) is 0.227. The van der Waals surface area contributed by atoms with Gasteiger partial charge in [0, 0.05) is 36.8 Å². The summed E-state index contributed by atoms with van der Waals surface area (Å²) in [5.41, 5.74) is 4.98. The van der Waals surface area contributed by atoms with Crippen molar-refractivity contribution in [2.75, 3.05) is 5.32 Å². The number of nitrogens with one attached hydrogen (secondary N) is 1. The first kappa shape index (κ1) is 27.9. The van der Waals surface area contributed by atoms with Crippen LogP contribution in [0.15, 0.2) is 133 Å². The first-order chi connectivity index (χ1) is 21.5. The number of anilines is 1. The van der Waals surface area contributed by atoms with Crippen LogP contribution in [0.4, 0.5) is 5.69 Å². The third-order valence-electron chi connectivity index (χ3n) is 6.94. The van der Waals surface area contributed by atoms with E-state index in [1.807, 2.05) is 48.5 Å². The van der Waals surface area contributed by atoms with Crippen LogP contribution in [0.5, 0.6) is 0 Å². The van der Waals surface area contributed by atoms with Crippen LogP contribution >= 0.6 is 0 Å². The Bertz CT molecular complexity index is 2090. The van der Waals surface area contributed by atoms with E-state index in [2.05, 4.69) is 20.3 Å². The Balaban J connectivity index is 1.34. The number of hydrogen-bond acceptors (Lipinski definition) is 6. The molecular formula is C35H25N5O4. The molecule has 0 radical (unpaired) electrons. The molecule has 3 aromatic carbocycles. The maximum atomic E-state index is 13.8. The Morgan fingerprint density at radius 1 is 0.841 bits per heavy atom. The highest BCUT2D eigenvalue weighted by Gasteiger charge is 2.16. The third kappa shape index (κ3) is 6.02. The van der Waals surface area contributed by atoms with E-state index in [0.717, 1.165) is 22.8 Å². The minimum Gasteiger partial charge on any atom is -0.478 e. The number of aromatic nitrogens is 4. The summed E-state index contributed by atoms with van der Waals surface area (Å²) < 4.78 is 1.56. The lowest BCUT2D eigenvalue weighted by Crippen LogP contribution is -2.25. The van der Waals surface area contributed by atoms with E-state index in [9.17, 15) is 19.5 Å². The molecule has 3 heterocycles. The number of carboxylic acids is 1. The van der Waals surface area contributed by atoms with Crippen LogP contribution in [-0.4, -0.2) is 36.5 Å². The predicted molar refractivity (Wildman–Crippen MR) is 168 cm³/mol. The predicted octanol–water partition coefficient (Wildman–Crippen LogP) is 5.54. The molecule has 6 aromatic rings. The topological polar surface area (TPSA) is 127 Å². The largest absolute Gasteiger partial charge is 0.478 e. The van der Waals surface area contributed by atoms with Crippen molar-refractivity contribution in [1.29, 1.82) is 0 Å². The Hall–Kier alpha value is -6.22. The van der Waals surface area contributed by atoms with Crippen LogP contribution in [0.25, 0.3) is 33.6 Å². The second-order valence-electron chi connectivity index (χ2n) is 9.93. The van der Waals surface area contributed by atoms with Gasteiger partial charge in [-0.25, -0.2) is 14.8 Å². The summed E-state index contributed by atoms with van der Waals surface area (Å²) in [6, 6.07) is 30.4. The fourth-order valence-corrected chi connectivity index (χ4v) is 4.91. The SMILES string of the molecule is O=C(/C=C(\C(=O)O)c1ccccc1)Nc1cccc(-c2cccc(-n3c(=O)c(Cc4cccnc4)nc4cccnc43)c2)c1. The monoisotopic (exact) mass is 579 g/mol. The third-order valence-corrected chi connectivity index (χ3v) is 6.94. The van der Waals surface area contributed by atoms with Gasteiger partial charge in [0.2, 0.25) is 5.91 Å². The molecule has 6 rings (SSSR count). The molecule has 44 heavy (non-hydrogen) atoms. The van der Waals surface area contributed by atoms with E-state index >= 15 is 0 Å². The molecule has 0 unspecified atom stereocenters. The highest BCUT2D eigenvalue weighted by atomic mass is 16.4. The molecule has 0 saturated carbocycles. The van der Waals surface area contributed by atoms with Crippen molar-refractivity contribution in [2.45, 2.75) is 6.42 Å². The van der Waals surface area contributed by atoms with Crippen LogP contribution in [0.3, 0.4) is 0 Å². The van der Waals surface area contributed by atoms with E-state index in [4.69, 9.17) is 0 Å². The van der Waals surface area contributed by atoms with Gasteiger partial charge in [-0.05, 0) is 64.7 Å². The van der Waals surface area contributed by atoms with Gasteiger partial charge >= 0.3 is 5.97 Å². The van der Waals surface area contributed by atoms with E-state index in [1.54, 1.807) is 77.8 Å². The number of carbonyl (C=O) groups excluding carboxylic acids is 1. The van der Waals surface area contributed by atoms with Crippen LogP contribution < -0.4 is 10.9 Å². The summed E-state index contributed by atoms with van der Waals surface area (Å²) in [4.78, 5) is 51.7. The first-order valence-electron chi connectivity index (χ1n) is 13.7. The van der Waals surface area contributed by atoms with E-state index in [0.29, 0.717) is 40.2 Å². The highest BCUT2D eigenvalue weighted by molar-refractivity contribution is 6.21. The lowest BCUT2D eigenvalue weighted by Gasteiger charge is -2.13. The number of rotatable bonds is 8. The molecule has 9 nitrogen and oxygen atoms in total. The average Bonchev–Trinajstić information content (AvgIpc) is 3.05. The molecule has 2 N–H and O–H groups in total. The number of benzene rings is 3. The standard InChI is InChI=1S/C35H25N5O4/c41-32(21-29(35(43)44)24-9-2-1-3-10-24)38-27-13-4-11-25(19-27)26-12-5-14-28(20-26)40-33-30(15-7-17-37-33)39-31(34(40)42)18-23-8-6-16-36-22-23/h1-17,19-22H,18H2,(H,38,41)(H,43,44)/b29-21-. The number of fused-ring (bicyclic) bond motifs is 1. The Morgan fingerprint density at radius 3 is 2.39 bits per heavy atom. The minimum absolute atomic E-state index is 0.113. The first-order valence-corrected chi connectivity index (χ1v) is 13.7. The van der Waals surface area contributed by atoms with Crippen LogP contribution in [0.2, 0.25) is 0 Å². The number of aliphatic carboxylic acids is 1. The summed E-state index contributed by atoms with van der Waals surface area (Å²) in [7, 11) is 0. The van der Waals surface area contributed by atoms with Gasteiger partial charge in [-0.1, -0.05) is 60.7 Å². The van der Waals surface area contributed by atoms with E-state index in [1.165, 1.54) is 0 Å². The Labute approximate surface area is 251 Å². The second-order valence-corrected chi connectivity index (χ2v) is 9.93. The number of carboxylic acid groups (broad SMARTS) is 1. The molecule has 3 aromatic heterocycles. The molecule has 0 atom stereocenters. The van der Waals surface area contributed by atoms with Crippen molar-refractivity contribution in [3.8, 4) is 16.8 Å². The normalized spacial score (nSPS) is 11.3. The lowest BCUT2D eigenvalue weighted by atomic mass is 10.0. The fourth-order valence-electron chi connectivity index (χ4n) is 4.91. The molecule has 0 bridgehead atoms. The molecule has 0 saturated heterocycles. The summed E-state index contributed by atoms with van der Waals surface area (Å²) in [5.74, 6) is -1.77. The molecule has 1 amide bonds. The van der Waals surface area contributed by atoms with Gasteiger partial charge < -0.3 is 10.4 Å². The Morgan fingerprint density at radius 2 is 1.61 bits per heavy atom. The molecule has 9 heteroatoms. The van der Waals surface area contributed by atoms with Crippen molar-refractivity contribution in [2.24, 2.45) is 0 Å². The summed E-state index contributed by atoms with van der Waals surface area (Å²) in [6.45, 7) is 0. The summed E-state index contributed by atoms with van der Waals surface area (Å²) >= 11 is 0. The second kappa shape index (κ2) is 12.3. The molecule has 0 aliphatic rings. The van der Waals surface area contributed by atoms with Crippen molar-refractivity contribution < 1.29 is 14.7 Å². The average molecular weight is 580 g/mol. The van der Waals surface area contributed by atoms with Crippen molar-refractivity contribution in [3.05, 3.63) is 155 Å². The summed E-state index contributed by atoms with van der Waals surface area (Å²) in [6.07, 6.45) is 6.41. The van der Waals surface area contributed by atoms with Gasteiger partial charge in [0.25, 0.3) is 5.56 Å². The van der Waals surface area contributed by atoms with E-state index in [-0.39, 0.29) is 11.1 Å². The molecule has 0 spiro atoms. The van der Waals surface area contributed by atoms with Crippen LogP contribution in [0.1, 0.15) is 16.8 Å². The number of carbonyl (C=O) groups is 2. The van der Waals surface area contributed by atoms with Crippen LogP contribution in [0, 0.1) is 0 Å². The Kier molecular flexibility index (Phi) is 7.83. The highest BCUT2D eigenvalue weighted by Crippen LogP contribution is 2.26. The number of nitrogens with zero attached hydrogens (tertiary/aromatic N) is 4.